The van der Waals surface area contributed by atoms with Crippen molar-refractivity contribution in [3.05, 3.63) is 0 Å². The van der Waals surface area contributed by atoms with Crippen molar-refractivity contribution in [3.63, 3.8) is 0 Å². The number of piperazine rings is 1. The highest BCUT2D eigenvalue weighted by atomic mass is 16.5. The van der Waals surface area contributed by atoms with Crippen LogP contribution in [0.25, 0.3) is 0 Å². The number of esters is 1. The van der Waals surface area contributed by atoms with Gasteiger partial charge in [0.15, 0.2) is 0 Å². The third-order valence-corrected chi connectivity index (χ3v) is 3.36. The van der Waals surface area contributed by atoms with E-state index in [1.165, 1.54) is 0 Å². The van der Waals surface area contributed by atoms with E-state index >= 15 is 0 Å². The summed E-state index contributed by atoms with van der Waals surface area (Å²) in [7, 11) is 2.10. The molecule has 0 saturated carbocycles. The molecule has 1 rings (SSSR count). The summed E-state index contributed by atoms with van der Waals surface area (Å²) in [6.45, 7) is 7.60. The SMILES string of the molecule is CCOC(=O)CCC(=O)CN1CCN(C)C(C)C1. The molecule has 1 aliphatic rings. The van der Waals surface area contributed by atoms with Gasteiger partial charge in [-0.25, -0.2) is 0 Å². The van der Waals surface area contributed by atoms with Gasteiger partial charge in [-0.1, -0.05) is 0 Å². The van der Waals surface area contributed by atoms with Gasteiger partial charge in [0.25, 0.3) is 0 Å². The quantitative estimate of drug-likeness (QED) is 0.649. The maximum atomic E-state index is 11.7. The second kappa shape index (κ2) is 7.48. The van der Waals surface area contributed by atoms with Gasteiger partial charge in [0.05, 0.1) is 19.6 Å². The number of rotatable bonds is 6. The minimum Gasteiger partial charge on any atom is -0.466 e. The van der Waals surface area contributed by atoms with Crippen molar-refractivity contribution in [3.8, 4) is 0 Å². The van der Waals surface area contributed by atoms with Crippen LogP contribution in [0.4, 0.5) is 0 Å². The number of carbonyl (C=O) groups is 2. The molecule has 1 unspecified atom stereocenters. The fourth-order valence-corrected chi connectivity index (χ4v) is 2.07. The van der Waals surface area contributed by atoms with Crippen molar-refractivity contribution in [2.24, 2.45) is 0 Å². The van der Waals surface area contributed by atoms with E-state index in [4.69, 9.17) is 4.74 Å². The molecule has 0 aromatic heterocycles. The molecule has 0 aliphatic carbocycles. The van der Waals surface area contributed by atoms with Crippen molar-refractivity contribution < 1.29 is 14.3 Å². The Bertz CT molecular complexity index is 294. The molecule has 0 radical (unpaired) electrons. The van der Waals surface area contributed by atoms with Gasteiger partial charge in [0.2, 0.25) is 0 Å². The molecular formula is C13H24N2O3. The van der Waals surface area contributed by atoms with Gasteiger partial charge in [-0.3, -0.25) is 14.5 Å². The first-order valence-corrected chi connectivity index (χ1v) is 6.62. The van der Waals surface area contributed by atoms with Crippen molar-refractivity contribution in [1.82, 2.24) is 9.80 Å². The summed E-state index contributed by atoms with van der Waals surface area (Å²) in [5.41, 5.74) is 0. The van der Waals surface area contributed by atoms with Crippen molar-refractivity contribution in [2.75, 3.05) is 39.8 Å². The largest absolute Gasteiger partial charge is 0.466 e. The molecule has 5 heteroatoms. The second-order valence-corrected chi connectivity index (χ2v) is 4.91. The van der Waals surface area contributed by atoms with E-state index in [-0.39, 0.29) is 18.2 Å². The highest BCUT2D eigenvalue weighted by molar-refractivity contribution is 5.84. The van der Waals surface area contributed by atoms with Crippen molar-refractivity contribution in [1.29, 1.82) is 0 Å². The molecule has 0 amide bonds. The fraction of sp³-hybridized carbons (Fsp3) is 0.846. The fourth-order valence-electron chi connectivity index (χ4n) is 2.07. The Morgan fingerprint density at radius 3 is 2.61 bits per heavy atom. The Kier molecular flexibility index (Phi) is 6.29. The average Bonchev–Trinajstić information content (AvgIpc) is 2.32. The summed E-state index contributed by atoms with van der Waals surface area (Å²) in [5, 5.41) is 0. The Balaban J connectivity index is 2.22. The highest BCUT2D eigenvalue weighted by Gasteiger charge is 2.22. The molecule has 104 valence electrons. The van der Waals surface area contributed by atoms with E-state index in [0.29, 0.717) is 25.6 Å². The third kappa shape index (κ3) is 5.14. The molecule has 0 aromatic rings. The van der Waals surface area contributed by atoms with Gasteiger partial charge in [-0.05, 0) is 20.9 Å². The third-order valence-electron chi connectivity index (χ3n) is 3.36. The van der Waals surface area contributed by atoms with Crippen LogP contribution in [0.15, 0.2) is 0 Å². The average molecular weight is 256 g/mol. The summed E-state index contributed by atoms with van der Waals surface area (Å²) in [6, 6.07) is 0.483. The Hall–Kier alpha value is -0.940. The number of hydrogen-bond donors (Lipinski definition) is 0. The molecule has 5 nitrogen and oxygen atoms in total. The molecule has 1 aliphatic heterocycles. The van der Waals surface area contributed by atoms with Crippen LogP contribution in [0, 0.1) is 0 Å². The Morgan fingerprint density at radius 2 is 2.00 bits per heavy atom. The Labute approximate surface area is 109 Å². The monoisotopic (exact) mass is 256 g/mol. The van der Waals surface area contributed by atoms with Crippen LogP contribution in [0.3, 0.4) is 0 Å². The lowest BCUT2D eigenvalue weighted by molar-refractivity contribution is -0.144. The molecule has 0 bridgehead atoms. The number of Topliss-reactive ketones (excluding diaryl/α,β-unsaturated/α-hetero) is 1. The first kappa shape index (κ1) is 15.1. The number of ketones is 1. The molecule has 0 aromatic carbocycles. The van der Waals surface area contributed by atoms with E-state index in [2.05, 4.69) is 23.8 Å². The zero-order valence-corrected chi connectivity index (χ0v) is 11.6. The summed E-state index contributed by atoms with van der Waals surface area (Å²) in [5.74, 6) is -0.155. The van der Waals surface area contributed by atoms with Crippen LogP contribution >= 0.6 is 0 Å². The summed E-state index contributed by atoms with van der Waals surface area (Å²) < 4.78 is 4.80. The molecular weight excluding hydrogens is 232 g/mol. The van der Waals surface area contributed by atoms with E-state index < -0.39 is 0 Å². The molecule has 18 heavy (non-hydrogen) atoms. The van der Waals surface area contributed by atoms with Crippen LogP contribution < -0.4 is 0 Å². The number of likely N-dealkylation sites (N-methyl/N-ethyl adjacent to an activating group) is 1. The van der Waals surface area contributed by atoms with Crippen LogP contribution in [-0.2, 0) is 14.3 Å². The lowest BCUT2D eigenvalue weighted by Gasteiger charge is -2.37. The predicted molar refractivity (Wildman–Crippen MR) is 69.4 cm³/mol. The van der Waals surface area contributed by atoms with Gasteiger partial charge in [-0.2, -0.15) is 0 Å². The second-order valence-electron chi connectivity index (χ2n) is 4.91. The van der Waals surface area contributed by atoms with E-state index in [1.807, 2.05) is 0 Å². The molecule has 1 fully saturated rings. The molecule has 0 N–H and O–H groups in total. The normalized spacial score (nSPS) is 21.8. The summed E-state index contributed by atoms with van der Waals surface area (Å²) in [4.78, 5) is 27.3. The smallest absolute Gasteiger partial charge is 0.306 e. The highest BCUT2D eigenvalue weighted by Crippen LogP contribution is 2.07. The van der Waals surface area contributed by atoms with Gasteiger partial charge in [0, 0.05) is 32.1 Å². The number of ether oxygens (including phenoxy) is 1. The number of nitrogens with zero attached hydrogens (tertiary/aromatic N) is 2. The summed E-state index contributed by atoms with van der Waals surface area (Å²) >= 11 is 0. The minimum atomic E-state index is -0.280. The maximum Gasteiger partial charge on any atom is 0.306 e. The maximum absolute atomic E-state index is 11.7. The van der Waals surface area contributed by atoms with Crippen molar-refractivity contribution in [2.45, 2.75) is 32.7 Å². The lowest BCUT2D eigenvalue weighted by Crippen LogP contribution is -2.51. The topological polar surface area (TPSA) is 49.9 Å². The van der Waals surface area contributed by atoms with E-state index in [1.54, 1.807) is 6.92 Å². The zero-order chi connectivity index (χ0) is 13.5. The summed E-state index contributed by atoms with van der Waals surface area (Å²) in [6.07, 6.45) is 0.496. The van der Waals surface area contributed by atoms with Crippen LogP contribution in [0.5, 0.6) is 0 Å². The Morgan fingerprint density at radius 1 is 1.28 bits per heavy atom. The van der Waals surface area contributed by atoms with E-state index in [0.717, 1.165) is 19.6 Å². The van der Waals surface area contributed by atoms with E-state index in [9.17, 15) is 9.59 Å². The first-order valence-electron chi connectivity index (χ1n) is 6.62. The predicted octanol–water partition coefficient (Wildman–Crippen LogP) is 0.535. The minimum absolute atomic E-state index is 0.125. The van der Waals surface area contributed by atoms with Crippen LogP contribution in [0.1, 0.15) is 26.7 Å². The van der Waals surface area contributed by atoms with Crippen LogP contribution in [-0.4, -0.2) is 67.4 Å². The zero-order valence-electron chi connectivity index (χ0n) is 11.6. The molecule has 1 heterocycles. The van der Waals surface area contributed by atoms with Gasteiger partial charge < -0.3 is 9.64 Å². The molecule has 1 saturated heterocycles. The van der Waals surface area contributed by atoms with Gasteiger partial charge >= 0.3 is 5.97 Å². The first-order chi connectivity index (χ1) is 8.52. The molecule has 1 atom stereocenters. The van der Waals surface area contributed by atoms with Gasteiger partial charge in [0.1, 0.15) is 5.78 Å². The van der Waals surface area contributed by atoms with Gasteiger partial charge in [-0.15, -0.1) is 0 Å². The van der Waals surface area contributed by atoms with Crippen molar-refractivity contribution >= 4 is 11.8 Å². The number of carbonyl (C=O) groups excluding carboxylic acids is 2. The molecule has 0 spiro atoms. The number of hydrogen-bond acceptors (Lipinski definition) is 5. The lowest BCUT2D eigenvalue weighted by atomic mass is 10.1. The van der Waals surface area contributed by atoms with Crippen LogP contribution in [0.2, 0.25) is 0 Å². The standard InChI is InChI=1S/C13H24N2O3/c1-4-18-13(17)6-5-12(16)10-15-8-7-14(3)11(2)9-15/h11H,4-10H2,1-3H3.